The Kier molecular flexibility index (Phi) is 5.17. The lowest BCUT2D eigenvalue weighted by Gasteiger charge is -2.12. The van der Waals surface area contributed by atoms with Crippen LogP contribution < -0.4 is 11.2 Å². The van der Waals surface area contributed by atoms with E-state index in [1.807, 2.05) is 6.07 Å². The van der Waals surface area contributed by atoms with E-state index in [0.717, 1.165) is 11.8 Å². The number of hydrazone groups is 1. The minimum atomic E-state index is -0.800. The van der Waals surface area contributed by atoms with Crippen LogP contribution in [0.3, 0.4) is 0 Å². The number of nitrogens with two attached hydrogens (primary N) is 1. The number of amidine groups is 1. The van der Waals surface area contributed by atoms with Gasteiger partial charge in [0, 0.05) is 0 Å². The molecule has 1 aromatic carbocycles. The van der Waals surface area contributed by atoms with E-state index in [9.17, 15) is 14.7 Å². The smallest absolute Gasteiger partial charge is 0.261 e. The van der Waals surface area contributed by atoms with Gasteiger partial charge in [-0.3, -0.25) is 9.59 Å². The van der Waals surface area contributed by atoms with Crippen LogP contribution in [0.1, 0.15) is 13.8 Å². The molecule has 1 atom stereocenters. The first-order valence-corrected chi connectivity index (χ1v) is 7.62. The van der Waals surface area contributed by atoms with Crippen LogP contribution in [0.25, 0.3) is 0 Å². The monoisotopic (exact) mass is 332 g/mol. The molecule has 0 radical (unpaired) electrons. The predicted octanol–water partition coefficient (Wildman–Crippen LogP) is 1.64. The fraction of sp³-hybridized carbons (Fsp3) is 0.200. The number of Topliss-reactive ketones (excluding diaryl/α,β-unsaturated/α-hetero) is 1. The van der Waals surface area contributed by atoms with Crippen LogP contribution in [0.2, 0.25) is 0 Å². The van der Waals surface area contributed by atoms with Crippen molar-refractivity contribution in [1.82, 2.24) is 5.43 Å². The van der Waals surface area contributed by atoms with E-state index in [0.29, 0.717) is 5.69 Å². The third-order valence-corrected chi connectivity index (χ3v) is 4.16. The number of thioether (sulfide) groups is 1. The molecule has 1 heterocycles. The lowest BCUT2D eigenvalue weighted by Crippen LogP contribution is -2.32. The fourth-order valence-electron chi connectivity index (χ4n) is 1.92. The minimum absolute atomic E-state index is 0.0475. The highest BCUT2D eigenvalue weighted by molar-refractivity contribution is 8.16. The summed E-state index contributed by atoms with van der Waals surface area (Å²) >= 11 is 0.972. The van der Waals surface area contributed by atoms with E-state index >= 15 is 0 Å². The third kappa shape index (κ3) is 3.98. The second-order valence-electron chi connectivity index (χ2n) is 4.78. The lowest BCUT2D eigenvalue weighted by atomic mass is 10.2. The van der Waals surface area contributed by atoms with Gasteiger partial charge in [-0.1, -0.05) is 30.0 Å². The maximum absolute atomic E-state index is 11.9. The average Bonchev–Trinajstić information content (AvgIpc) is 2.79. The summed E-state index contributed by atoms with van der Waals surface area (Å²) in [5.41, 5.74) is 8.60. The summed E-state index contributed by atoms with van der Waals surface area (Å²) in [5, 5.41) is 12.9. The molecule has 0 fully saturated rings. The van der Waals surface area contributed by atoms with E-state index in [-0.39, 0.29) is 28.0 Å². The second-order valence-corrected chi connectivity index (χ2v) is 5.87. The number of hydrogen-bond donors (Lipinski definition) is 3. The normalized spacial score (nSPS) is 19.0. The molecule has 0 saturated carbocycles. The Labute approximate surface area is 137 Å². The van der Waals surface area contributed by atoms with Gasteiger partial charge >= 0.3 is 0 Å². The summed E-state index contributed by atoms with van der Waals surface area (Å²) in [6.45, 7) is 2.71. The summed E-state index contributed by atoms with van der Waals surface area (Å²) in [7, 11) is 0. The Morgan fingerprint density at radius 1 is 1.35 bits per heavy atom. The number of nitrogens with zero attached hydrogens (tertiary/aromatic N) is 2. The highest BCUT2D eigenvalue weighted by Crippen LogP contribution is 2.26. The van der Waals surface area contributed by atoms with Crippen LogP contribution in [0.15, 0.2) is 51.8 Å². The number of aliphatic imine (C=N–C) groups is 1. The summed E-state index contributed by atoms with van der Waals surface area (Å²) in [6.07, 6.45) is 0. The molecule has 0 aromatic heterocycles. The first-order valence-electron chi connectivity index (χ1n) is 6.74. The van der Waals surface area contributed by atoms with Crippen molar-refractivity contribution in [3.63, 3.8) is 0 Å². The van der Waals surface area contributed by atoms with E-state index in [2.05, 4.69) is 15.5 Å². The van der Waals surface area contributed by atoms with E-state index < -0.39 is 11.2 Å². The Balaban J connectivity index is 2.46. The van der Waals surface area contributed by atoms with Gasteiger partial charge in [-0.15, -0.1) is 0 Å². The maximum Gasteiger partial charge on any atom is 0.261 e. The molecule has 0 spiro atoms. The number of hydrogen-bond acceptors (Lipinski definition) is 7. The van der Waals surface area contributed by atoms with Crippen molar-refractivity contribution in [3.05, 3.63) is 41.7 Å². The number of amides is 1. The molecular weight excluding hydrogens is 316 g/mol. The molecule has 1 aromatic rings. The number of aliphatic hydroxyl groups is 1. The van der Waals surface area contributed by atoms with Gasteiger partial charge < -0.3 is 10.8 Å². The van der Waals surface area contributed by atoms with E-state index in [1.165, 1.54) is 13.8 Å². The van der Waals surface area contributed by atoms with E-state index in [1.54, 1.807) is 24.3 Å². The molecule has 1 unspecified atom stereocenters. The van der Waals surface area contributed by atoms with Crippen molar-refractivity contribution in [2.24, 2.45) is 15.8 Å². The van der Waals surface area contributed by atoms with Gasteiger partial charge in [0.15, 0.2) is 11.0 Å². The zero-order valence-corrected chi connectivity index (χ0v) is 13.4. The predicted molar refractivity (Wildman–Crippen MR) is 90.7 cm³/mol. The maximum atomic E-state index is 11.9. The highest BCUT2D eigenvalue weighted by Gasteiger charge is 2.32. The van der Waals surface area contributed by atoms with Gasteiger partial charge in [0.2, 0.25) is 0 Å². The molecule has 8 heteroatoms. The van der Waals surface area contributed by atoms with Crippen molar-refractivity contribution < 1.29 is 14.7 Å². The number of rotatable bonds is 4. The molecule has 0 bridgehead atoms. The minimum Gasteiger partial charge on any atom is -0.512 e. The molecule has 2 rings (SSSR count). The molecule has 7 nitrogen and oxygen atoms in total. The van der Waals surface area contributed by atoms with Gasteiger partial charge in [-0.25, -0.2) is 10.4 Å². The molecule has 1 amide bonds. The number of carbonyl (C=O) groups excluding carboxylic acids is 2. The van der Waals surface area contributed by atoms with Crippen molar-refractivity contribution in [3.8, 4) is 0 Å². The standard InChI is InChI=1S/C15H16N4O3S/c1-8(20)11(9(2)21)15(17-10-6-4-3-5-7-10)23-12-13(16)18-19-14(12)22/h3-7,12,20H,1-2H3,(H2,16,18)(H,19,22)/b11-8+,17-15?. The number of benzene rings is 1. The van der Waals surface area contributed by atoms with Crippen LogP contribution in [0.5, 0.6) is 0 Å². The second kappa shape index (κ2) is 7.10. The van der Waals surface area contributed by atoms with E-state index in [4.69, 9.17) is 5.73 Å². The average molecular weight is 332 g/mol. The number of para-hydroxylation sites is 1. The summed E-state index contributed by atoms with van der Waals surface area (Å²) in [6, 6.07) is 8.92. The summed E-state index contributed by atoms with van der Waals surface area (Å²) in [4.78, 5) is 28.1. The zero-order valence-electron chi connectivity index (χ0n) is 12.6. The van der Waals surface area contributed by atoms with Crippen molar-refractivity contribution in [2.75, 3.05) is 0 Å². The van der Waals surface area contributed by atoms with Crippen LogP contribution in [-0.2, 0) is 9.59 Å². The zero-order chi connectivity index (χ0) is 17.0. The Morgan fingerprint density at radius 3 is 2.48 bits per heavy atom. The molecule has 0 aliphatic carbocycles. The molecule has 0 saturated heterocycles. The summed E-state index contributed by atoms with van der Waals surface area (Å²) < 4.78 is 0. The van der Waals surface area contributed by atoms with Crippen molar-refractivity contribution in [1.29, 1.82) is 0 Å². The van der Waals surface area contributed by atoms with Crippen LogP contribution in [-0.4, -0.2) is 32.9 Å². The molecule has 23 heavy (non-hydrogen) atoms. The Hall–Kier alpha value is -2.61. The lowest BCUT2D eigenvalue weighted by molar-refractivity contribution is -0.118. The highest BCUT2D eigenvalue weighted by atomic mass is 32.2. The van der Waals surface area contributed by atoms with Gasteiger partial charge in [0.05, 0.1) is 11.3 Å². The topological polar surface area (TPSA) is 117 Å². The number of carbonyl (C=O) groups is 2. The van der Waals surface area contributed by atoms with Crippen LogP contribution in [0.4, 0.5) is 5.69 Å². The SMILES string of the molecule is CC(=O)/C(C(=Nc1ccccc1)SC1C(=O)NN=C1N)=C(/C)O. The molecule has 120 valence electrons. The Morgan fingerprint density at radius 2 is 2.00 bits per heavy atom. The molecule has 1 aliphatic heterocycles. The Bertz CT molecular complexity index is 721. The van der Waals surface area contributed by atoms with Crippen molar-refractivity contribution in [2.45, 2.75) is 19.1 Å². The molecule has 1 aliphatic rings. The quantitative estimate of drug-likeness (QED) is 0.335. The first-order chi connectivity index (χ1) is 10.9. The van der Waals surface area contributed by atoms with Gasteiger partial charge in [0.1, 0.15) is 16.6 Å². The summed E-state index contributed by atoms with van der Waals surface area (Å²) in [5.74, 6) is -0.833. The number of nitrogens with one attached hydrogen (secondary N) is 1. The number of allylic oxidation sites excluding steroid dienone is 1. The first kappa shape index (κ1) is 16.8. The van der Waals surface area contributed by atoms with Gasteiger partial charge in [-0.2, -0.15) is 5.10 Å². The van der Waals surface area contributed by atoms with Crippen molar-refractivity contribution >= 4 is 40.0 Å². The van der Waals surface area contributed by atoms with Gasteiger partial charge in [0.25, 0.3) is 5.91 Å². The fourth-order valence-corrected chi connectivity index (χ4v) is 3.04. The molecular formula is C15H16N4O3S. The third-order valence-electron chi connectivity index (χ3n) is 2.95. The number of ketones is 1. The molecule has 4 N–H and O–H groups in total. The van der Waals surface area contributed by atoms with Gasteiger partial charge in [-0.05, 0) is 26.0 Å². The largest absolute Gasteiger partial charge is 0.512 e. The van der Waals surface area contributed by atoms with Crippen LogP contribution in [0, 0.1) is 0 Å². The van der Waals surface area contributed by atoms with Crippen LogP contribution >= 0.6 is 11.8 Å². The number of aliphatic hydroxyl groups excluding tert-OH is 1.